The topological polar surface area (TPSA) is 91.7 Å². The fraction of sp³-hybridized carbons (Fsp3) is 0. The smallest absolute Gasteiger partial charge is 0.336 e. The first-order valence-corrected chi connectivity index (χ1v) is 6.03. The summed E-state index contributed by atoms with van der Waals surface area (Å²) in [5.41, 5.74) is -3.76. The van der Waals surface area contributed by atoms with Gasteiger partial charge in [-0.15, -0.1) is 0 Å². The monoisotopic (exact) mass is 324 g/mol. The maximum absolute atomic E-state index is 13.9. The molecule has 2 aromatic rings. The molecule has 0 atom stereocenters. The number of ketones is 1. The molecule has 0 fully saturated rings. The van der Waals surface area contributed by atoms with E-state index in [0.29, 0.717) is 12.1 Å². The van der Waals surface area contributed by atoms with Crippen LogP contribution in [0.3, 0.4) is 0 Å². The molecule has 0 spiro atoms. The van der Waals surface area contributed by atoms with Gasteiger partial charge in [-0.2, -0.15) is 0 Å². The minimum Gasteiger partial charge on any atom is -0.478 e. The van der Waals surface area contributed by atoms with Crippen LogP contribution in [0.15, 0.2) is 30.3 Å². The van der Waals surface area contributed by atoms with Gasteiger partial charge in [0.15, 0.2) is 0 Å². The molecule has 2 rings (SSSR count). The summed E-state index contributed by atoms with van der Waals surface area (Å²) in [4.78, 5) is 33.9. The largest absolute Gasteiger partial charge is 0.478 e. The van der Waals surface area contributed by atoms with Gasteiger partial charge in [0, 0.05) is 0 Å². The van der Waals surface area contributed by atoms with E-state index < -0.39 is 57.4 Å². The molecule has 8 heteroatoms. The standard InChI is InChI=1S/C15H7F3O5/c16-8-3-1-2-7(15(22)23)11(8)13(19)12-9(17)4-6(14(20)21)5-10(12)18/h1-5H,(H,20,21)(H,22,23). The normalized spacial score (nSPS) is 10.4. The molecule has 23 heavy (non-hydrogen) atoms. The maximum atomic E-state index is 13.9. The van der Waals surface area contributed by atoms with E-state index in [-0.39, 0.29) is 0 Å². The van der Waals surface area contributed by atoms with E-state index >= 15 is 0 Å². The highest BCUT2D eigenvalue weighted by molar-refractivity contribution is 6.14. The number of carboxylic acid groups (broad SMARTS) is 2. The Hall–Kier alpha value is -3.16. The molecule has 0 aromatic heterocycles. The Balaban J connectivity index is 2.68. The van der Waals surface area contributed by atoms with Crippen LogP contribution in [-0.2, 0) is 0 Å². The van der Waals surface area contributed by atoms with Gasteiger partial charge in [0.05, 0.1) is 22.3 Å². The second-order valence-corrected chi connectivity index (χ2v) is 4.42. The fourth-order valence-electron chi connectivity index (χ4n) is 1.97. The Labute approximate surface area is 126 Å². The van der Waals surface area contributed by atoms with Crippen molar-refractivity contribution in [3.63, 3.8) is 0 Å². The molecular weight excluding hydrogens is 317 g/mol. The van der Waals surface area contributed by atoms with E-state index in [1.807, 2.05) is 0 Å². The zero-order valence-corrected chi connectivity index (χ0v) is 11.1. The zero-order valence-electron chi connectivity index (χ0n) is 11.1. The van der Waals surface area contributed by atoms with Crippen LogP contribution in [0.4, 0.5) is 13.2 Å². The van der Waals surface area contributed by atoms with Gasteiger partial charge in [0.2, 0.25) is 5.78 Å². The summed E-state index contributed by atoms with van der Waals surface area (Å²) in [6, 6.07) is 3.47. The lowest BCUT2D eigenvalue weighted by atomic mass is 9.96. The highest BCUT2D eigenvalue weighted by Crippen LogP contribution is 2.23. The summed E-state index contributed by atoms with van der Waals surface area (Å²) in [5, 5.41) is 17.6. The SMILES string of the molecule is O=C(O)c1cc(F)c(C(=O)c2c(F)cccc2C(=O)O)c(F)c1. The van der Waals surface area contributed by atoms with Crippen LogP contribution in [-0.4, -0.2) is 27.9 Å². The number of halogens is 3. The zero-order chi connectivity index (χ0) is 17.3. The van der Waals surface area contributed by atoms with Crippen LogP contribution in [0.2, 0.25) is 0 Å². The summed E-state index contributed by atoms with van der Waals surface area (Å²) in [7, 11) is 0. The van der Waals surface area contributed by atoms with Crippen molar-refractivity contribution >= 4 is 17.7 Å². The van der Waals surface area contributed by atoms with E-state index in [4.69, 9.17) is 10.2 Å². The third kappa shape index (κ3) is 2.91. The van der Waals surface area contributed by atoms with E-state index in [1.54, 1.807) is 0 Å². The number of rotatable bonds is 4. The average Bonchev–Trinajstić information content (AvgIpc) is 2.45. The third-order valence-electron chi connectivity index (χ3n) is 2.99. The van der Waals surface area contributed by atoms with Crippen molar-refractivity contribution in [3.05, 3.63) is 70.0 Å². The highest BCUT2D eigenvalue weighted by atomic mass is 19.1. The first-order chi connectivity index (χ1) is 10.7. The van der Waals surface area contributed by atoms with Gasteiger partial charge < -0.3 is 10.2 Å². The van der Waals surface area contributed by atoms with Gasteiger partial charge >= 0.3 is 11.9 Å². The minimum atomic E-state index is -1.66. The molecule has 0 saturated carbocycles. The van der Waals surface area contributed by atoms with Gasteiger partial charge in [-0.3, -0.25) is 4.79 Å². The predicted molar refractivity (Wildman–Crippen MR) is 70.1 cm³/mol. The van der Waals surface area contributed by atoms with Gasteiger partial charge in [-0.05, 0) is 24.3 Å². The average molecular weight is 324 g/mol. The van der Waals surface area contributed by atoms with E-state index in [9.17, 15) is 27.6 Å². The molecule has 0 bridgehead atoms. The number of hydrogen-bond acceptors (Lipinski definition) is 3. The van der Waals surface area contributed by atoms with E-state index in [1.165, 1.54) is 0 Å². The number of carbonyl (C=O) groups excluding carboxylic acids is 1. The molecule has 2 aromatic carbocycles. The van der Waals surface area contributed by atoms with Crippen LogP contribution in [0, 0.1) is 17.5 Å². The lowest BCUT2D eigenvalue weighted by Gasteiger charge is -2.09. The van der Waals surface area contributed by atoms with Gasteiger partial charge in [0.25, 0.3) is 0 Å². The fourth-order valence-corrected chi connectivity index (χ4v) is 1.97. The van der Waals surface area contributed by atoms with Gasteiger partial charge in [0.1, 0.15) is 17.5 Å². The Morgan fingerprint density at radius 1 is 0.783 bits per heavy atom. The summed E-state index contributed by atoms with van der Waals surface area (Å²) >= 11 is 0. The van der Waals surface area contributed by atoms with Crippen molar-refractivity contribution in [1.29, 1.82) is 0 Å². The molecule has 0 amide bonds. The minimum absolute atomic E-state index is 0.389. The van der Waals surface area contributed by atoms with Crippen LogP contribution in [0.1, 0.15) is 36.6 Å². The van der Waals surface area contributed by atoms with Crippen molar-refractivity contribution in [3.8, 4) is 0 Å². The van der Waals surface area contributed by atoms with Crippen molar-refractivity contribution in [2.24, 2.45) is 0 Å². The van der Waals surface area contributed by atoms with Crippen LogP contribution < -0.4 is 0 Å². The number of hydrogen-bond donors (Lipinski definition) is 2. The quantitative estimate of drug-likeness (QED) is 0.844. The molecule has 0 aliphatic rings. The van der Waals surface area contributed by atoms with Crippen LogP contribution in [0.5, 0.6) is 0 Å². The third-order valence-corrected chi connectivity index (χ3v) is 2.99. The van der Waals surface area contributed by atoms with Crippen LogP contribution in [0.25, 0.3) is 0 Å². The molecule has 0 aliphatic carbocycles. The molecule has 0 radical (unpaired) electrons. The molecule has 0 aliphatic heterocycles. The number of aromatic carboxylic acids is 2. The van der Waals surface area contributed by atoms with Gasteiger partial charge in [-0.1, -0.05) is 6.07 Å². The lowest BCUT2D eigenvalue weighted by molar-refractivity contribution is 0.0684. The summed E-state index contributed by atoms with van der Waals surface area (Å²) in [6.45, 7) is 0. The van der Waals surface area contributed by atoms with Crippen molar-refractivity contribution in [2.75, 3.05) is 0 Å². The van der Waals surface area contributed by atoms with Crippen molar-refractivity contribution < 1.29 is 37.8 Å². The predicted octanol–water partition coefficient (Wildman–Crippen LogP) is 2.73. The molecule has 5 nitrogen and oxygen atoms in total. The molecule has 118 valence electrons. The van der Waals surface area contributed by atoms with E-state index in [0.717, 1.165) is 18.2 Å². The Kier molecular flexibility index (Phi) is 4.17. The molecule has 0 unspecified atom stereocenters. The Morgan fingerprint density at radius 2 is 1.35 bits per heavy atom. The number of carboxylic acids is 2. The Morgan fingerprint density at radius 3 is 1.83 bits per heavy atom. The summed E-state index contributed by atoms with van der Waals surface area (Å²) in [5.74, 6) is -9.16. The molecular formula is C15H7F3O5. The second kappa shape index (κ2) is 5.91. The summed E-state index contributed by atoms with van der Waals surface area (Å²) in [6.07, 6.45) is 0. The van der Waals surface area contributed by atoms with Crippen molar-refractivity contribution in [2.45, 2.75) is 0 Å². The van der Waals surface area contributed by atoms with Crippen LogP contribution >= 0.6 is 0 Å². The maximum Gasteiger partial charge on any atom is 0.336 e. The number of benzene rings is 2. The molecule has 0 saturated heterocycles. The summed E-state index contributed by atoms with van der Waals surface area (Å²) < 4.78 is 41.5. The Bertz CT molecular complexity index is 822. The number of carbonyl (C=O) groups is 3. The second-order valence-electron chi connectivity index (χ2n) is 4.42. The van der Waals surface area contributed by atoms with Gasteiger partial charge in [-0.25, -0.2) is 22.8 Å². The molecule has 2 N–H and O–H groups in total. The highest BCUT2D eigenvalue weighted by Gasteiger charge is 2.27. The lowest BCUT2D eigenvalue weighted by Crippen LogP contribution is -2.16. The first-order valence-electron chi connectivity index (χ1n) is 6.03. The van der Waals surface area contributed by atoms with Crippen molar-refractivity contribution in [1.82, 2.24) is 0 Å². The molecule has 0 heterocycles. The first kappa shape index (κ1) is 16.2. The van der Waals surface area contributed by atoms with E-state index in [2.05, 4.69) is 0 Å².